The summed E-state index contributed by atoms with van der Waals surface area (Å²) in [6.07, 6.45) is 2.40. The summed E-state index contributed by atoms with van der Waals surface area (Å²) in [4.78, 5) is 2.61. The Morgan fingerprint density at radius 3 is 2.50 bits per heavy atom. The van der Waals surface area contributed by atoms with E-state index in [1.807, 2.05) is 0 Å². The van der Waals surface area contributed by atoms with Gasteiger partial charge in [0.1, 0.15) is 0 Å². The first-order chi connectivity index (χ1) is 6.56. The first kappa shape index (κ1) is 12.0. The Balaban J connectivity index is 2.49. The molecule has 0 bridgehead atoms. The van der Waals surface area contributed by atoms with Gasteiger partial charge in [0.15, 0.2) is 0 Å². The van der Waals surface area contributed by atoms with Gasteiger partial charge in [-0.25, -0.2) is 0 Å². The molecule has 2 nitrogen and oxygen atoms in total. The van der Waals surface area contributed by atoms with Gasteiger partial charge in [0, 0.05) is 18.6 Å². The van der Waals surface area contributed by atoms with Gasteiger partial charge in [0.05, 0.1) is 0 Å². The lowest BCUT2D eigenvalue weighted by Gasteiger charge is -2.41. The molecule has 84 valence electrons. The number of hydrogen-bond acceptors (Lipinski definition) is 2. The molecular formula is C12H26N2. The van der Waals surface area contributed by atoms with Crippen LogP contribution in [0.25, 0.3) is 0 Å². The van der Waals surface area contributed by atoms with E-state index in [1.54, 1.807) is 0 Å². The third-order valence-corrected chi connectivity index (χ3v) is 3.89. The molecule has 2 heteroatoms. The molecule has 0 amide bonds. The van der Waals surface area contributed by atoms with E-state index >= 15 is 0 Å². The van der Waals surface area contributed by atoms with Crippen molar-refractivity contribution in [3.8, 4) is 0 Å². The van der Waals surface area contributed by atoms with Gasteiger partial charge in [0.25, 0.3) is 0 Å². The zero-order valence-corrected chi connectivity index (χ0v) is 10.2. The minimum atomic E-state index is 0.440. The molecule has 0 aromatic heterocycles. The molecule has 1 aliphatic rings. The van der Waals surface area contributed by atoms with Gasteiger partial charge in [-0.05, 0) is 31.7 Å². The van der Waals surface area contributed by atoms with E-state index in [4.69, 9.17) is 5.73 Å². The summed E-state index contributed by atoms with van der Waals surface area (Å²) >= 11 is 0. The number of hydrogen-bond donors (Lipinski definition) is 1. The van der Waals surface area contributed by atoms with Crippen LogP contribution in [0.4, 0.5) is 0 Å². The van der Waals surface area contributed by atoms with Crippen LogP contribution < -0.4 is 5.73 Å². The van der Waals surface area contributed by atoms with Crippen molar-refractivity contribution in [2.45, 2.75) is 52.6 Å². The highest BCUT2D eigenvalue weighted by molar-refractivity contribution is 4.85. The molecule has 0 radical (unpaired) electrons. The Labute approximate surface area is 88.8 Å². The summed E-state index contributed by atoms with van der Waals surface area (Å²) in [5.74, 6) is 1.46. The van der Waals surface area contributed by atoms with Crippen LogP contribution >= 0.6 is 0 Å². The molecule has 14 heavy (non-hydrogen) atoms. The monoisotopic (exact) mass is 198 g/mol. The second-order valence-electron chi connectivity index (χ2n) is 5.10. The van der Waals surface area contributed by atoms with E-state index in [0.29, 0.717) is 18.0 Å². The Kier molecular flexibility index (Phi) is 4.39. The highest BCUT2D eigenvalue weighted by Crippen LogP contribution is 2.22. The molecule has 3 unspecified atom stereocenters. The van der Waals surface area contributed by atoms with Gasteiger partial charge in [0.2, 0.25) is 0 Å². The van der Waals surface area contributed by atoms with Gasteiger partial charge in [-0.15, -0.1) is 0 Å². The maximum atomic E-state index is 6.10. The lowest BCUT2D eigenvalue weighted by atomic mass is 9.89. The number of likely N-dealkylation sites (tertiary alicyclic amines) is 1. The average Bonchev–Trinajstić information content (AvgIpc) is 2.17. The van der Waals surface area contributed by atoms with Crippen LogP contribution in [0, 0.1) is 11.8 Å². The maximum absolute atomic E-state index is 6.10. The van der Waals surface area contributed by atoms with Crippen LogP contribution in [0.1, 0.15) is 40.5 Å². The zero-order valence-electron chi connectivity index (χ0n) is 10.2. The Hall–Kier alpha value is -0.0800. The smallest absolute Gasteiger partial charge is 0.00914 e. The van der Waals surface area contributed by atoms with Crippen molar-refractivity contribution < 1.29 is 0 Å². The molecule has 1 fully saturated rings. The fourth-order valence-corrected chi connectivity index (χ4v) is 2.30. The second kappa shape index (κ2) is 5.13. The third kappa shape index (κ3) is 2.71. The quantitative estimate of drug-likeness (QED) is 0.752. The van der Waals surface area contributed by atoms with E-state index in [1.165, 1.54) is 25.9 Å². The fraction of sp³-hybridized carbons (Fsp3) is 1.00. The summed E-state index contributed by atoms with van der Waals surface area (Å²) in [6.45, 7) is 11.6. The van der Waals surface area contributed by atoms with Crippen molar-refractivity contribution in [1.82, 2.24) is 4.90 Å². The predicted octanol–water partition coefficient (Wildman–Crippen LogP) is 2.09. The highest BCUT2D eigenvalue weighted by Gasteiger charge is 2.28. The van der Waals surface area contributed by atoms with E-state index in [0.717, 1.165) is 5.92 Å². The molecule has 0 aromatic carbocycles. The molecule has 0 aliphatic carbocycles. The molecule has 3 atom stereocenters. The Bertz CT molecular complexity index is 168. The summed E-state index contributed by atoms with van der Waals surface area (Å²) in [6, 6.07) is 1.15. The number of nitrogens with zero attached hydrogens (tertiary/aromatic N) is 1. The molecule has 1 heterocycles. The van der Waals surface area contributed by atoms with E-state index in [-0.39, 0.29) is 0 Å². The van der Waals surface area contributed by atoms with Crippen LogP contribution in [0.5, 0.6) is 0 Å². The fourth-order valence-electron chi connectivity index (χ4n) is 2.30. The Morgan fingerprint density at radius 2 is 2.00 bits per heavy atom. The normalized spacial score (nSPS) is 32.1. The third-order valence-electron chi connectivity index (χ3n) is 3.89. The van der Waals surface area contributed by atoms with Crippen LogP contribution in [-0.4, -0.2) is 30.1 Å². The van der Waals surface area contributed by atoms with Crippen molar-refractivity contribution in [2.24, 2.45) is 17.6 Å². The van der Waals surface area contributed by atoms with Crippen LogP contribution in [-0.2, 0) is 0 Å². The standard InChI is InChI=1S/C12H26N2/c1-5-11-8-14(7-6-12(11)13)10(4)9(2)3/h9-12H,5-8,13H2,1-4H3. The summed E-state index contributed by atoms with van der Waals surface area (Å²) in [5, 5.41) is 0. The molecule has 2 N–H and O–H groups in total. The van der Waals surface area contributed by atoms with E-state index in [2.05, 4.69) is 32.6 Å². The predicted molar refractivity (Wildman–Crippen MR) is 62.2 cm³/mol. The lowest BCUT2D eigenvalue weighted by Crippen LogP contribution is -2.50. The lowest BCUT2D eigenvalue weighted by molar-refractivity contribution is 0.0919. The number of piperidine rings is 1. The molecule has 1 saturated heterocycles. The molecular weight excluding hydrogens is 172 g/mol. The van der Waals surface area contributed by atoms with Gasteiger partial charge in [-0.2, -0.15) is 0 Å². The SMILES string of the molecule is CCC1CN(C(C)C(C)C)CCC1N. The minimum Gasteiger partial charge on any atom is -0.327 e. The first-order valence-corrected chi connectivity index (χ1v) is 6.05. The van der Waals surface area contributed by atoms with Crippen molar-refractivity contribution in [2.75, 3.05) is 13.1 Å². The van der Waals surface area contributed by atoms with Crippen molar-refractivity contribution >= 4 is 0 Å². The zero-order chi connectivity index (χ0) is 10.7. The van der Waals surface area contributed by atoms with E-state index < -0.39 is 0 Å². The molecule has 0 saturated carbocycles. The number of nitrogens with two attached hydrogens (primary N) is 1. The van der Waals surface area contributed by atoms with Gasteiger partial charge >= 0.3 is 0 Å². The molecule has 0 aromatic rings. The summed E-state index contributed by atoms with van der Waals surface area (Å²) in [5.41, 5.74) is 6.10. The Morgan fingerprint density at radius 1 is 1.36 bits per heavy atom. The van der Waals surface area contributed by atoms with E-state index in [9.17, 15) is 0 Å². The molecule has 1 rings (SSSR count). The largest absolute Gasteiger partial charge is 0.327 e. The highest BCUT2D eigenvalue weighted by atomic mass is 15.2. The van der Waals surface area contributed by atoms with Crippen LogP contribution in [0.15, 0.2) is 0 Å². The topological polar surface area (TPSA) is 29.3 Å². The van der Waals surface area contributed by atoms with Crippen molar-refractivity contribution in [3.63, 3.8) is 0 Å². The molecule has 1 aliphatic heterocycles. The van der Waals surface area contributed by atoms with Gasteiger partial charge in [-0.1, -0.05) is 27.2 Å². The van der Waals surface area contributed by atoms with Gasteiger partial charge in [-0.3, -0.25) is 0 Å². The van der Waals surface area contributed by atoms with Gasteiger partial charge < -0.3 is 10.6 Å². The molecule has 0 spiro atoms. The van der Waals surface area contributed by atoms with Crippen molar-refractivity contribution in [1.29, 1.82) is 0 Å². The van der Waals surface area contributed by atoms with Crippen molar-refractivity contribution in [3.05, 3.63) is 0 Å². The average molecular weight is 198 g/mol. The number of rotatable bonds is 3. The minimum absolute atomic E-state index is 0.440. The summed E-state index contributed by atoms with van der Waals surface area (Å²) < 4.78 is 0. The van der Waals surface area contributed by atoms with Crippen LogP contribution in [0.2, 0.25) is 0 Å². The second-order valence-corrected chi connectivity index (χ2v) is 5.10. The summed E-state index contributed by atoms with van der Waals surface area (Å²) in [7, 11) is 0. The van der Waals surface area contributed by atoms with Crippen LogP contribution in [0.3, 0.4) is 0 Å². The maximum Gasteiger partial charge on any atom is 0.00914 e. The first-order valence-electron chi connectivity index (χ1n) is 6.05.